The third-order valence-corrected chi connectivity index (χ3v) is 6.24. The van der Waals surface area contributed by atoms with E-state index in [2.05, 4.69) is 17.2 Å². The number of hydrogen-bond donors (Lipinski definition) is 2. The van der Waals surface area contributed by atoms with Crippen LogP contribution in [0.2, 0.25) is 0 Å². The van der Waals surface area contributed by atoms with Gasteiger partial charge < -0.3 is 11.1 Å². The van der Waals surface area contributed by atoms with Gasteiger partial charge in [0.15, 0.2) is 0 Å². The first kappa shape index (κ1) is 17.7. The normalized spacial score (nSPS) is 16.1. The van der Waals surface area contributed by atoms with E-state index in [1.165, 1.54) is 11.3 Å². The molecule has 1 aliphatic carbocycles. The highest BCUT2D eigenvalue weighted by atomic mass is 32.1. The average molecular weight is 379 g/mol. The topological polar surface area (TPSA) is 85.1 Å². The molecule has 6 heteroatoms. The maximum Gasteiger partial charge on any atom is 0.257 e. The number of hydrogen-bond acceptors (Lipinski definition) is 4. The fourth-order valence-corrected chi connectivity index (χ4v) is 5.18. The van der Waals surface area contributed by atoms with E-state index in [9.17, 15) is 9.59 Å². The number of rotatable bonds is 3. The summed E-state index contributed by atoms with van der Waals surface area (Å²) in [4.78, 5) is 30.8. The lowest BCUT2D eigenvalue weighted by Crippen LogP contribution is -2.19. The number of nitrogens with zero attached hydrogens (tertiary/aromatic N) is 1. The Balaban J connectivity index is 1.75. The number of nitrogens with one attached hydrogen (secondary N) is 1. The Bertz CT molecular complexity index is 1070. The SMILES string of the molecule is Cc1cc(C(=O)Nc2sc3c(c2C(N)=O)CC[C@H](C)C3)c2ccccc2n1. The van der Waals surface area contributed by atoms with E-state index >= 15 is 0 Å². The van der Waals surface area contributed by atoms with Gasteiger partial charge >= 0.3 is 0 Å². The van der Waals surface area contributed by atoms with E-state index in [1.54, 1.807) is 6.07 Å². The molecule has 1 aromatic carbocycles. The fourth-order valence-electron chi connectivity index (χ4n) is 3.77. The van der Waals surface area contributed by atoms with Crippen molar-refractivity contribution < 1.29 is 9.59 Å². The summed E-state index contributed by atoms with van der Waals surface area (Å²) < 4.78 is 0. The lowest BCUT2D eigenvalue weighted by molar-refractivity contribution is 0.1000. The predicted octanol–water partition coefficient (Wildman–Crippen LogP) is 4.08. The second-order valence-electron chi connectivity index (χ2n) is 7.20. The summed E-state index contributed by atoms with van der Waals surface area (Å²) in [5.74, 6) is -0.147. The summed E-state index contributed by atoms with van der Waals surface area (Å²) in [6, 6.07) is 9.33. The number of thiophene rings is 1. The van der Waals surface area contributed by atoms with E-state index in [1.807, 2.05) is 31.2 Å². The number of primary amides is 1. The van der Waals surface area contributed by atoms with Crippen LogP contribution in [0.5, 0.6) is 0 Å². The number of aromatic nitrogens is 1. The average Bonchev–Trinajstić information content (AvgIpc) is 2.97. The van der Waals surface area contributed by atoms with Crippen LogP contribution in [0.4, 0.5) is 5.00 Å². The van der Waals surface area contributed by atoms with E-state index in [0.29, 0.717) is 22.0 Å². The number of benzene rings is 1. The van der Waals surface area contributed by atoms with Crippen LogP contribution in [-0.4, -0.2) is 16.8 Å². The number of carbonyl (C=O) groups is 2. The summed E-state index contributed by atoms with van der Waals surface area (Å²) >= 11 is 1.48. The standard InChI is InChI=1S/C21H21N3O2S/c1-11-7-8-14-17(9-11)27-21(18(14)19(22)25)24-20(26)15-10-12(2)23-16-6-4-3-5-13(15)16/h3-6,10-11H,7-9H2,1-2H3,(H2,22,25)(H,24,26)/t11-/m0/s1. The van der Waals surface area contributed by atoms with Crippen LogP contribution >= 0.6 is 11.3 Å². The van der Waals surface area contributed by atoms with Gasteiger partial charge in [0.25, 0.3) is 11.8 Å². The molecule has 0 fully saturated rings. The Hall–Kier alpha value is -2.73. The fraction of sp³-hybridized carbons (Fsp3) is 0.286. The van der Waals surface area contributed by atoms with Gasteiger partial charge in [0.1, 0.15) is 5.00 Å². The van der Waals surface area contributed by atoms with Crippen LogP contribution in [0.25, 0.3) is 10.9 Å². The molecular formula is C21H21N3O2S. The van der Waals surface area contributed by atoms with Crippen LogP contribution in [0.3, 0.4) is 0 Å². The molecule has 0 bridgehead atoms. The zero-order valence-corrected chi connectivity index (χ0v) is 16.2. The number of aryl methyl sites for hydroxylation is 1. The Morgan fingerprint density at radius 2 is 2.07 bits per heavy atom. The lowest BCUT2D eigenvalue weighted by Gasteiger charge is -2.18. The monoisotopic (exact) mass is 379 g/mol. The minimum Gasteiger partial charge on any atom is -0.365 e. The van der Waals surface area contributed by atoms with Crippen molar-refractivity contribution in [1.82, 2.24) is 4.98 Å². The second-order valence-corrected chi connectivity index (χ2v) is 8.31. The van der Waals surface area contributed by atoms with Gasteiger partial charge in [-0.25, -0.2) is 0 Å². The Morgan fingerprint density at radius 1 is 1.30 bits per heavy atom. The molecule has 27 heavy (non-hydrogen) atoms. The molecule has 3 aromatic rings. The summed E-state index contributed by atoms with van der Waals surface area (Å²) in [6.45, 7) is 4.07. The maximum absolute atomic E-state index is 13.0. The number of carbonyl (C=O) groups excluding carboxylic acids is 2. The molecular weight excluding hydrogens is 358 g/mol. The number of pyridine rings is 1. The number of amides is 2. The summed E-state index contributed by atoms with van der Waals surface area (Å²) in [5, 5.41) is 4.30. The van der Waals surface area contributed by atoms with Gasteiger partial charge in [-0.05, 0) is 49.8 Å². The van der Waals surface area contributed by atoms with E-state index < -0.39 is 5.91 Å². The van der Waals surface area contributed by atoms with Gasteiger partial charge in [0, 0.05) is 16.0 Å². The third kappa shape index (κ3) is 3.21. The molecule has 0 saturated heterocycles. The van der Waals surface area contributed by atoms with Crippen LogP contribution in [0, 0.1) is 12.8 Å². The first-order valence-corrected chi connectivity index (χ1v) is 9.87. The third-order valence-electron chi connectivity index (χ3n) is 5.07. The molecule has 2 heterocycles. The van der Waals surface area contributed by atoms with Gasteiger partial charge in [-0.3, -0.25) is 14.6 Å². The molecule has 2 amide bonds. The largest absolute Gasteiger partial charge is 0.365 e. The van der Waals surface area contributed by atoms with E-state index in [-0.39, 0.29) is 5.91 Å². The van der Waals surface area contributed by atoms with Crippen molar-refractivity contribution in [1.29, 1.82) is 0 Å². The minimum absolute atomic E-state index is 0.245. The molecule has 1 aliphatic rings. The van der Waals surface area contributed by atoms with Gasteiger partial charge in [0.05, 0.1) is 16.6 Å². The Labute approximate surface area is 161 Å². The Kier molecular flexibility index (Phi) is 4.44. The molecule has 0 spiro atoms. The molecule has 4 rings (SSSR count). The van der Waals surface area contributed by atoms with Crippen molar-refractivity contribution in [2.24, 2.45) is 11.7 Å². The zero-order chi connectivity index (χ0) is 19.1. The van der Waals surface area contributed by atoms with Gasteiger partial charge in [-0.1, -0.05) is 25.1 Å². The van der Waals surface area contributed by atoms with Crippen LogP contribution < -0.4 is 11.1 Å². The molecule has 0 unspecified atom stereocenters. The highest BCUT2D eigenvalue weighted by Gasteiger charge is 2.27. The van der Waals surface area contributed by atoms with Crippen LogP contribution in [0.1, 0.15) is 50.2 Å². The van der Waals surface area contributed by atoms with Crippen molar-refractivity contribution >= 4 is 39.1 Å². The van der Waals surface area contributed by atoms with Crippen molar-refractivity contribution in [3.8, 4) is 0 Å². The number of fused-ring (bicyclic) bond motifs is 2. The number of nitrogens with two attached hydrogens (primary N) is 1. The highest BCUT2D eigenvalue weighted by molar-refractivity contribution is 7.17. The molecule has 1 atom stereocenters. The lowest BCUT2D eigenvalue weighted by atomic mass is 9.88. The van der Waals surface area contributed by atoms with Gasteiger partial charge in [-0.15, -0.1) is 11.3 Å². The first-order chi connectivity index (χ1) is 12.9. The van der Waals surface area contributed by atoms with E-state index in [0.717, 1.165) is 46.3 Å². The first-order valence-electron chi connectivity index (χ1n) is 9.06. The minimum atomic E-state index is -0.479. The Morgan fingerprint density at radius 3 is 2.85 bits per heavy atom. The van der Waals surface area contributed by atoms with Crippen molar-refractivity contribution in [2.75, 3.05) is 5.32 Å². The maximum atomic E-state index is 13.0. The number of anilines is 1. The molecule has 0 radical (unpaired) electrons. The second kappa shape index (κ2) is 6.78. The summed E-state index contributed by atoms with van der Waals surface area (Å²) in [6.07, 6.45) is 2.79. The van der Waals surface area contributed by atoms with Crippen LogP contribution in [0.15, 0.2) is 30.3 Å². The van der Waals surface area contributed by atoms with Crippen molar-refractivity contribution in [3.63, 3.8) is 0 Å². The molecule has 0 aliphatic heterocycles. The molecule has 2 aromatic heterocycles. The summed E-state index contributed by atoms with van der Waals surface area (Å²) in [7, 11) is 0. The zero-order valence-electron chi connectivity index (χ0n) is 15.3. The van der Waals surface area contributed by atoms with Crippen LogP contribution in [-0.2, 0) is 12.8 Å². The molecule has 0 saturated carbocycles. The smallest absolute Gasteiger partial charge is 0.257 e. The van der Waals surface area contributed by atoms with E-state index in [4.69, 9.17) is 5.73 Å². The quantitative estimate of drug-likeness (QED) is 0.719. The molecule has 138 valence electrons. The number of para-hydroxylation sites is 1. The van der Waals surface area contributed by atoms with Gasteiger partial charge in [-0.2, -0.15) is 0 Å². The van der Waals surface area contributed by atoms with Crippen molar-refractivity contribution in [2.45, 2.75) is 33.1 Å². The predicted molar refractivity (Wildman–Crippen MR) is 108 cm³/mol. The summed E-state index contributed by atoms with van der Waals surface area (Å²) in [5.41, 5.74) is 9.24. The van der Waals surface area contributed by atoms with Crippen molar-refractivity contribution in [3.05, 3.63) is 57.6 Å². The van der Waals surface area contributed by atoms with Gasteiger partial charge in [0.2, 0.25) is 0 Å². The highest BCUT2D eigenvalue weighted by Crippen LogP contribution is 2.39. The molecule has 5 nitrogen and oxygen atoms in total. The molecule has 3 N–H and O–H groups in total.